The van der Waals surface area contributed by atoms with Gasteiger partial charge in [0.15, 0.2) is 0 Å². The molecular formula is C16H24N2O3. The summed E-state index contributed by atoms with van der Waals surface area (Å²) in [5, 5.41) is 9.38. The number of hydrogen-bond acceptors (Lipinski definition) is 4. The minimum absolute atomic E-state index is 0.344. The number of anilines is 1. The number of aromatic carboxylic acids is 1. The molecule has 0 aromatic heterocycles. The lowest BCUT2D eigenvalue weighted by Gasteiger charge is -2.27. The molecule has 116 valence electrons. The number of carboxylic acids is 1. The third-order valence-corrected chi connectivity index (χ3v) is 4.27. The maximum absolute atomic E-state index is 11.4. The Labute approximate surface area is 126 Å². The van der Waals surface area contributed by atoms with Crippen LogP contribution in [0.25, 0.3) is 0 Å². The van der Waals surface area contributed by atoms with Crippen molar-refractivity contribution in [2.75, 3.05) is 38.2 Å². The second-order valence-electron chi connectivity index (χ2n) is 5.30. The number of rotatable bonds is 6. The Hall–Kier alpha value is -1.75. The second kappa shape index (κ2) is 6.80. The van der Waals surface area contributed by atoms with E-state index in [1.165, 1.54) is 0 Å². The fraction of sp³-hybridized carbons (Fsp3) is 0.562. The van der Waals surface area contributed by atoms with Gasteiger partial charge in [0.25, 0.3) is 0 Å². The molecule has 2 rings (SSSR count). The maximum Gasteiger partial charge on any atom is 0.337 e. The zero-order valence-electron chi connectivity index (χ0n) is 13.0. The Bertz CT molecular complexity index is 500. The summed E-state index contributed by atoms with van der Waals surface area (Å²) < 4.78 is 5.24. The minimum Gasteiger partial charge on any atom is -0.497 e. The highest BCUT2D eigenvalue weighted by atomic mass is 16.5. The van der Waals surface area contributed by atoms with Gasteiger partial charge in [-0.15, -0.1) is 0 Å². The highest BCUT2D eigenvalue weighted by molar-refractivity contribution is 5.95. The van der Waals surface area contributed by atoms with Crippen LogP contribution in [0, 0.1) is 0 Å². The molecule has 0 radical (unpaired) electrons. The van der Waals surface area contributed by atoms with Crippen LogP contribution in [-0.2, 0) is 0 Å². The summed E-state index contributed by atoms with van der Waals surface area (Å²) in [4.78, 5) is 16.0. The first-order valence-corrected chi connectivity index (χ1v) is 7.51. The van der Waals surface area contributed by atoms with Crippen LogP contribution >= 0.6 is 0 Å². The van der Waals surface area contributed by atoms with E-state index in [0.717, 1.165) is 38.3 Å². The molecule has 0 saturated carbocycles. The molecule has 0 aliphatic carbocycles. The van der Waals surface area contributed by atoms with E-state index in [-0.39, 0.29) is 0 Å². The number of hydrogen-bond donors (Lipinski definition) is 1. The summed E-state index contributed by atoms with van der Waals surface area (Å²) in [6, 6.07) is 5.65. The summed E-state index contributed by atoms with van der Waals surface area (Å²) in [6.45, 7) is 8.14. The summed E-state index contributed by atoms with van der Waals surface area (Å²) in [7, 11) is 1.60. The van der Waals surface area contributed by atoms with Crippen LogP contribution in [0.1, 0.15) is 30.6 Å². The Morgan fingerprint density at radius 3 is 2.71 bits per heavy atom. The molecule has 5 heteroatoms. The Balaban J connectivity index is 2.24. The summed E-state index contributed by atoms with van der Waals surface area (Å²) >= 11 is 0. The van der Waals surface area contributed by atoms with Crippen LogP contribution in [-0.4, -0.2) is 55.3 Å². The zero-order chi connectivity index (χ0) is 15.4. The van der Waals surface area contributed by atoms with Gasteiger partial charge in [-0.1, -0.05) is 13.8 Å². The molecule has 1 aromatic rings. The van der Waals surface area contributed by atoms with E-state index in [2.05, 4.69) is 23.6 Å². The van der Waals surface area contributed by atoms with Gasteiger partial charge in [-0.25, -0.2) is 4.79 Å². The topological polar surface area (TPSA) is 53.0 Å². The van der Waals surface area contributed by atoms with Crippen molar-refractivity contribution >= 4 is 11.7 Å². The normalized spacial score (nSPS) is 18.3. The van der Waals surface area contributed by atoms with Crippen LogP contribution in [0.4, 0.5) is 5.69 Å². The van der Waals surface area contributed by atoms with Crippen molar-refractivity contribution in [1.82, 2.24) is 4.90 Å². The smallest absolute Gasteiger partial charge is 0.337 e. The van der Waals surface area contributed by atoms with Gasteiger partial charge < -0.3 is 14.7 Å². The van der Waals surface area contributed by atoms with Crippen molar-refractivity contribution in [1.29, 1.82) is 0 Å². The lowest BCUT2D eigenvalue weighted by Crippen LogP contribution is -2.37. The van der Waals surface area contributed by atoms with Crippen LogP contribution in [0.2, 0.25) is 0 Å². The highest BCUT2D eigenvalue weighted by Crippen LogP contribution is 2.30. The monoisotopic (exact) mass is 292 g/mol. The average molecular weight is 292 g/mol. The van der Waals surface area contributed by atoms with Gasteiger partial charge in [0.2, 0.25) is 0 Å². The summed E-state index contributed by atoms with van der Waals surface area (Å²) in [5.41, 5.74) is 1.10. The Morgan fingerprint density at radius 2 is 2.14 bits per heavy atom. The standard InChI is InChI=1S/C16H24N2O3/c1-4-17(5-2)12-8-9-18(11-12)15-10-13(21-3)6-7-14(15)16(19)20/h6-7,10,12H,4-5,8-9,11H2,1-3H3,(H,19,20). The number of benzene rings is 1. The molecule has 1 aromatic carbocycles. The van der Waals surface area contributed by atoms with Gasteiger partial charge in [0.1, 0.15) is 5.75 Å². The molecule has 5 nitrogen and oxygen atoms in total. The van der Waals surface area contributed by atoms with Crippen LogP contribution in [0.15, 0.2) is 18.2 Å². The van der Waals surface area contributed by atoms with Crippen molar-refractivity contribution in [2.24, 2.45) is 0 Å². The third kappa shape index (κ3) is 3.29. The largest absolute Gasteiger partial charge is 0.497 e. The first-order valence-electron chi connectivity index (χ1n) is 7.51. The molecule has 1 N–H and O–H groups in total. The van der Waals surface area contributed by atoms with Crippen molar-refractivity contribution < 1.29 is 14.6 Å². The summed E-state index contributed by atoms with van der Waals surface area (Å²) in [5.74, 6) is -0.194. The highest BCUT2D eigenvalue weighted by Gasteiger charge is 2.28. The molecule has 1 unspecified atom stereocenters. The van der Waals surface area contributed by atoms with Gasteiger partial charge in [-0.3, -0.25) is 4.90 Å². The zero-order valence-corrected chi connectivity index (χ0v) is 13.0. The molecular weight excluding hydrogens is 268 g/mol. The van der Waals surface area contributed by atoms with Gasteiger partial charge in [-0.2, -0.15) is 0 Å². The fourth-order valence-electron chi connectivity index (χ4n) is 3.08. The molecule has 1 saturated heterocycles. The SMILES string of the molecule is CCN(CC)C1CCN(c2cc(OC)ccc2C(=O)O)C1. The third-order valence-electron chi connectivity index (χ3n) is 4.27. The number of ether oxygens (including phenoxy) is 1. The molecule has 21 heavy (non-hydrogen) atoms. The maximum atomic E-state index is 11.4. The van der Waals surface area contributed by atoms with Gasteiger partial charge in [-0.05, 0) is 31.6 Å². The van der Waals surface area contributed by atoms with E-state index in [1.54, 1.807) is 19.2 Å². The van der Waals surface area contributed by atoms with E-state index in [9.17, 15) is 9.90 Å². The molecule has 1 aliphatic rings. The fourth-order valence-corrected chi connectivity index (χ4v) is 3.08. The second-order valence-corrected chi connectivity index (χ2v) is 5.30. The molecule has 1 atom stereocenters. The molecule has 1 aliphatic heterocycles. The first kappa shape index (κ1) is 15.6. The number of carbonyl (C=O) groups is 1. The van der Waals surface area contributed by atoms with Gasteiger partial charge in [0.05, 0.1) is 18.4 Å². The van der Waals surface area contributed by atoms with Gasteiger partial charge in [0, 0.05) is 25.2 Å². The van der Waals surface area contributed by atoms with E-state index in [0.29, 0.717) is 17.4 Å². The summed E-state index contributed by atoms with van der Waals surface area (Å²) in [6.07, 6.45) is 1.07. The van der Waals surface area contributed by atoms with E-state index in [4.69, 9.17) is 4.74 Å². The average Bonchev–Trinajstić information content (AvgIpc) is 2.97. The molecule has 0 spiro atoms. The van der Waals surface area contributed by atoms with Crippen LogP contribution < -0.4 is 9.64 Å². The Morgan fingerprint density at radius 1 is 1.43 bits per heavy atom. The quantitative estimate of drug-likeness (QED) is 0.872. The number of methoxy groups -OCH3 is 1. The number of likely N-dealkylation sites (N-methyl/N-ethyl adjacent to an activating group) is 1. The van der Waals surface area contributed by atoms with E-state index in [1.807, 2.05) is 6.07 Å². The van der Waals surface area contributed by atoms with Crippen molar-refractivity contribution in [2.45, 2.75) is 26.3 Å². The van der Waals surface area contributed by atoms with Crippen LogP contribution in [0.3, 0.4) is 0 Å². The van der Waals surface area contributed by atoms with E-state index < -0.39 is 5.97 Å². The van der Waals surface area contributed by atoms with Crippen molar-refractivity contribution in [3.05, 3.63) is 23.8 Å². The lowest BCUT2D eigenvalue weighted by atomic mass is 10.1. The number of nitrogens with zero attached hydrogens (tertiary/aromatic N) is 2. The molecule has 0 amide bonds. The van der Waals surface area contributed by atoms with Crippen molar-refractivity contribution in [3.63, 3.8) is 0 Å². The van der Waals surface area contributed by atoms with Gasteiger partial charge >= 0.3 is 5.97 Å². The molecule has 0 bridgehead atoms. The molecule has 1 heterocycles. The number of carboxylic acid groups (broad SMARTS) is 1. The van der Waals surface area contributed by atoms with E-state index >= 15 is 0 Å². The molecule has 1 fully saturated rings. The minimum atomic E-state index is -0.890. The van der Waals surface area contributed by atoms with Crippen molar-refractivity contribution in [3.8, 4) is 5.75 Å². The Kier molecular flexibility index (Phi) is 5.07. The predicted molar refractivity (Wildman–Crippen MR) is 83.5 cm³/mol. The lowest BCUT2D eigenvalue weighted by molar-refractivity contribution is 0.0697. The first-order chi connectivity index (χ1) is 10.1. The predicted octanol–water partition coefficient (Wildman–Crippen LogP) is 2.31. The van der Waals surface area contributed by atoms with Crippen LogP contribution in [0.5, 0.6) is 5.75 Å².